The van der Waals surface area contributed by atoms with Crippen LogP contribution in [0.15, 0.2) is 67.0 Å². The van der Waals surface area contributed by atoms with Crippen LogP contribution in [0, 0.1) is 0 Å². The minimum Gasteiger partial charge on any atom is -0.328 e. The Balaban J connectivity index is 1.56. The van der Waals surface area contributed by atoms with E-state index in [1.54, 1.807) is 6.20 Å². The van der Waals surface area contributed by atoms with Crippen molar-refractivity contribution >= 4 is 27.2 Å². The first kappa shape index (κ1) is 17.5. The average molecular weight is 377 g/mol. The molecular formula is C20H19N5OS. The molecule has 0 saturated heterocycles. The Kier molecular flexibility index (Phi) is 5.06. The summed E-state index contributed by atoms with van der Waals surface area (Å²) in [5.74, 6) is 0. The van der Waals surface area contributed by atoms with Crippen molar-refractivity contribution in [3.05, 3.63) is 72.6 Å². The van der Waals surface area contributed by atoms with E-state index >= 15 is 0 Å². The van der Waals surface area contributed by atoms with Gasteiger partial charge in [-0.3, -0.25) is 10.2 Å². The van der Waals surface area contributed by atoms with Gasteiger partial charge >= 0.3 is 0 Å². The van der Waals surface area contributed by atoms with Gasteiger partial charge in [-0.2, -0.15) is 0 Å². The molecule has 3 N–H and O–H groups in total. The Bertz CT molecular complexity index is 1040. The van der Waals surface area contributed by atoms with Gasteiger partial charge in [-0.15, -0.1) is 10.2 Å². The molecule has 1 atom stereocenters. The van der Waals surface area contributed by atoms with Crippen molar-refractivity contribution in [2.24, 2.45) is 5.73 Å². The van der Waals surface area contributed by atoms with Crippen LogP contribution in [-0.2, 0) is 6.42 Å². The Labute approximate surface area is 160 Å². The Morgan fingerprint density at radius 1 is 1.04 bits per heavy atom. The molecule has 0 radical (unpaired) electrons. The van der Waals surface area contributed by atoms with Crippen LogP contribution in [0.4, 0.5) is 5.13 Å². The predicted molar refractivity (Wildman–Crippen MR) is 108 cm³/mol. The molecule has 6 nitrogen and oxygen atoms in total. The second kappa shape index (κ2) is 7.79. The van der Waals surface area contributed by atoms with E-state index in [0.717, 1.165) is 32.0 Å². The number of fused-ring (bicyclic) bond motifs is 1. The largest absolute Gasteiger partial charge is 0.328 e. The number of anilines is 1. The Morgan fingerprint density at radius 3 is 2.70 bits per heavy atom. The third kappa shape index (κ3) is 3.80. The maximum atomic E-state index is 10.6. The molecule has 2 aromatic heterocycles. The van der Waals surface area contributed by atoms with Gasteiger partial charge in [-0.05, 0) is 29.5 Å². The van der Waals surface area contributed by atoms with Gasteiger partial charge in [-0.1, -0.05) is 53.8 Å². The highest BCUT2D eigenvalue weighted by Crippen LogP contribution is 2.31. The third-order valence-corrected chi connectivity index (χ3v) is 5.39. The normalized spacial score (nSPS) is 12.2. The van der Waals surface area contributed by atoms with E-state index in [4.69, 9.17) is 5.73 Å². The summed E-state index contributed by atoms with van der Waals surface area (Å²) in [5, 5.41) is 23.5. The number of nitrogens with two attached hydrogens (primary N) is 1. The van der Waals surface area contributed by atoms with E-state index in [2.05, 4.69) is 15.2 Å². The first-order valence-electron chi connectivity index (χ1n) is 8.64. The molecule has 4 rings (SSSR count). The Morgan fingerprint density at radius 2 is 1.89 bits per heavy atom. The van der Waals surface area contributed by atoms with Gasteiger partial charge in [-0.25, -0.2) is 5.06 Å². The molecule has 0 aliphatic rings. The van der Waals surface area contributed by atoms with Crippen LogP contribution in [0.1, 0.15) is 5.56 Å². The number of nitrogens with zero attached hydrogens (tertiary/aromatic N) is 4. The summed E-state index contributed by atoms with van der Waals surface area (Å²) in [6.45, 7) is 0.309. The molecule has 4 aromatic rings. The maximum Gasteiger partial charge on any atom is 0.232 e. The molecule has 0 fully saturated rings. The number of benzene rings is 2. The summed E-state index contributed by atoms with van der Waals surface area (Å²) in [4.78, 5) is 4.13. The molecule has 1 unspecified atom stereocenters. The topological polar surface area (TPSA) is 88.2 Å². The van der Waals surface area contributed by atoms with E-state index in [0.29, 0.717) is 18.1 Å². The summed E-state index contributed by atoms with van der Waals surface area (Å²) < 4.78 is 0. The molecule has 0 bridgehead atoms. The lowest BCUT2D eigenvalue weighted by Crippen LogP contribution is -2.40. The molecule has 27 heavy (non-hydrogen) atoms. The zero-order chi connectivity index (χ0) is 18.6. The lowest BCUT2D eigenvalue weighted by atomic mass is 10.1. The van der Waals surface area contributed by atoms with E-state index in [1.165, 1.54) is 11.3 Å². The van der Waals surface area contributed by atoms with Crippen molar-refractivity contribution in [1.29, 1.82) is 0 Å². The monoisotopic (exact) mass is 377 g/mol. The van der Waals surface area contributed by atoms with E-state index in [1.807, 2.05) is 60.8 Å². The van der Waals surface area contributed by atoms with E-state index < -0.39 is 0 Å². The fourth-order valence-corrected chi connectivity index (χ4v) is 3.78. The summed E-state index contributed by atoms with van der Waals surface area (Å²) >= 11 is 1.34. The molecule has 0 amide bonds. The molecule has 136 valence electrons. The van der Waals surface area contributed by atoms with Crippen molar-refractivity contribution in [3.63, 3.8) is 0 Å². The first-order valence-corrected chi connectivity index (χ1v) is 9.46. The summed E-state index contributed by atoms with van der Waals surface area (Å²) in [7, 11) is 0. The maximum absolute atomic E-state index is 10.6. The van der Waals surface area contributed by atoms with Crippen LogP contribution in [0.3, 0.4) is 0 Å². The van der Waals surface area contributed by atoms with Crippen molar-refractivity contribution in [2.75, 3.05) is 11.6 Å². The Hall–Kier alpha value is -2.87. The van der Waals surface area contributed by atoms with Crippen molar-refractivity contribution in [1.82, 2.24) is 15.2 Å². The van der Waals surface area contributed by atoms with Crippen LogP contribution in [0.2, 0.25) is 0 Å². The second-order valence-electron chi connectivity index (χ2n) is 6.25. The third-order valence-electron chi connectivity index (χ3n) is 4.43. The number of rotatable bonds is 6. The quantitative estimate of drug-likeness (QED) is 0.500. The second-order valence-corrected chi connectivity index (χ2v) is 7.21. The highest BCUT2D eigenvalue weighted by atomic mass is 32.1. The predicted octanol–water partition coefficient (Wildman–Crippen LogP) is 3.52. The fraction of sp³-hybridized carbons (Fsp3) is 0.150. The number of pyridine rings is 1. The van der Waals surface area contributed by atoms with Gasteiger partial charge in [0.25, 0.3) is 0 Å². The number of hydrogen-bond acceptors (Lipinski definition) is 7. The SMILES string of the molecule is NCC(Cc1ccccc1)N(O)c1nnc(-c2ccc3cnccc3c2)s1. The van der Waals surface area contributed by atoms with Gasteiger partial charge in [0, 0.05) is 29.9 Å². The molecule has 2 heterocycles. The lowest BCUT2D eigenvalue weighted by molar-refractivity contribution is 0.215. The van der Waals surface area contributed by atoms with Gasteiger partial charge in [0.1, 0.15) is 5.01 Å². The number of hydroxylamine groups is 1. The zero-order valence-corrected chi connectivity index (χ0v) is 15.4. The molecule has 2 aromatic carbocycles. The minimum atomic E-state index is -0.268. The van der Waals surface area contributed by atoms with Crippen LogP contribution >= 0.6 is 11.3 Å². The molecule has 7 heteroatoms. The molecule has 0 aliphatic heterocycles. The van der Waals surface area contributed by atoms with E-state index in [9.17, 15) is 5.21 Å². The lowest BCUT2D eigenvalue weighted by Gasteiger charge is -2.23. The highest BCUT2D eigenvalue weighted by molar-refractivity contribution is 7.18. The smallest absolute Gasteiger partial charge is 0.232 e. The number of hydrogen-bond donors (Lipinski definition) is 2. The first-order chi connectivity index (χ1) is 13.2. The number of aromatic nitrogens is 3. The average Bonchev–Trinajstić information content (AvgIpc) is 3.22. The van der Waals surface area contributed by atoms with Gasteiger partial charge < -0.3 is 5.73 Å². The minimum absolute atomic E-state index is 0.268. The summed E-state index contributed by atoms with van der Waals surface area (Å²) in [6, 6.07) is 17.7. The van der Waals surface area contributed by atoms with Crippen LogP contribution < -0.4 is 10.8 Å². The van der Waals surface area contributed by atoms with Crippen molar-refractivity contribution < 1.29 is 5.21 Å². The molecule has 0 aliphatic carbocycles. The summed E-state index contributed by atoms with van der Waals surface area (Å²) in [5.41, 5.74) is 7.96. The zero-order valence-electron chi connectivity index (χ0n) is 14.6. The van der Waals surface area contributed by atoms with Crippen LogP contribution in [-0.4, -0.2) is 33.0 Å². The van der Waals surface area contributed by atoms with Gasteiger partial charge in [0.15, 0.2) is 0 Å². The van der Waals surface area contributed by atoms with Crippen LogP contribution in [0.5, 0.6) is 0 Å². The fourth-order valence-electron chi connectivity index (χ4n) is 2.95. The molecular weight excluding hydrogens is 358 g/mol. The standard InChI is InChI=1S/C20H19N5OS/c21-12-18(10-14-4-2-1-3-5-14)25(26)20-24-23-19(27-20)16-6-7-17-13-22-9-8-15(17)11-16/h1-9,11,13,18,26H,10,12,21H2. The van der Waals surface area contributed by atoms with Crippen molar-refractivity contribution in [2.45, 2.75) is 12.5 Å². The molecule has 0 spiro atoms. The van der Waals surface area contributed by atoms with Crippen LogP contribution in [0.25, 0.3) is 21.3 Å². The summed E-state index contributed by atoms with van der Waals surface area (Å²) in [6.07, 6.45) is 4.23. The molecule has 0 saturated carbocycles. The van der Waals surface area contributed by atoms with Gasteiger partial charge in [0.2, 0.25) is 5.13 Å². The van der Waals surface area contributed by atoms with E-state index in [-0.39, 0.29) is 6.04 Å². The van der Waals surface area contributed by atoms with Crippen molar-refractivity contribution in [3.8, 4) is 10.6 Å². The van der Waals surface area contributed by atoms with Gasteiger partial charge in [0.05, 0.1) is 6.04 Å². The highest BCUT2D eigenvalue weighted by Gasteiger charge is 2.20.